The summed E-state index contributed by atoms with van der Waals surface area (Å²) >= 11 is 0. The minimum Gasteiger partial charge on any atom is -0.336 e. The summed E-state index contributed by atoms with van der Waals surface area (Å²) in [5, 5.41) is 12.0. The van der Waals surface area contributed by atoms with Crippen molar-refractivity contribution in [3.8, 4) is 6.07 Å². The summed E-state index contributed by atoms with van der Waals surface area (Å²) in [6.07, 6.45) is 6.19. The summed E-state index contributed by atoms with van der Waals surface area (Å²) in [4.78, 5) is 11.0. The highest BCUT2D eigenvalue weighted by atomic mass is 15.1. The minimum atomic E-state index is -0.646. The molecule has 1 unspecified atom stereocenters. The Labute approximate surface area is 114 Å². The monoisotopic (exact) mass is 259 g/mol. The molecule has 1 fully saturated rings. The lowest BCUT2D eigenvalue weighted by Gasteiger charge is -2.29. The number of nitrogens with one attached hydrogen (secondary N) is 1. The molecule has 0 spiro atoms. The fourth-order valence-corrected chi connectivity index (χ4v) is 2.36. The van der Waals surface area contributed by atoms with Crippen molar-refractivity contribution in [3.63, 3.8) is 0 Å². The maximum atomic E-state index is 8.97. The Balaban J connectivity index is 2.04. The number of rotatable bonds is 3. The van der Waals surface area contributed by atoms with Crippen LogP contribution >= 0.6 is 0 Å². The van der Waals surface area contributed by atoms with Gasteiger partial charge in [-0.25, -0.2) is 9.97 Å². The number of anilines is 1. The molecule has 1 aliphatic heterocycles. The van der Waals surface area contributed by atoms with E-state index in [4.69, 9.17) is 5.26 Å². The van der Waals surface area contributed by atoms with Gasteiger partial charge in [0, 0.05) is 18.9 Å². The number of piperidine rings is 1. The van der Waals surface area contributed by atoms with Crippen molar-refractivity contribution in [2.24, 2.45) is 0 Å². The molecule has 0 radical (unpaired) electrons. The Hall–Kier alpha value is -1.67. The molecule has 1 aromatic rings. The van der Waals surface area contributed by atoms with Gasteiger partial charge in [-0.3, -0.25) is 0 Å². The zero-order valence-electron chi connectivity index (χ0n) is 11.8. The van der Waals surface area contributed by atoms with E-state index >= 15 is 0 Å². The predicted molar refractivity (Wildman–Crippen MR) is 74.8 cm³/mol. The normalized spacial score (nSPS) is 20.8. The van der Waals surface area contributed by atoms with Gasteiger partial charge in [-0.1, -0.05) is 0 Å². The van der Waals surface area contributed by atoms with Crippen molar-refractivity contribution < 1.29 is 0 Å². The van der Waals surface area contributed by atoms with Crippen molar-refractivity contribution in [2.75, 3.05) is 25.5 Å². The maximum absolute atomic E-state index is 8.97. The van der Waals surface area contributed by atoms with Crippen LogP contribution in [0.25, 0.3) is 0 Å². The van der Waals surface area contributed by atoms with Crippen LogP contribution in [0.1, 0.15) is 38.2 Å². The Morgan fingerprint density at radius 2 is 2.11 bits per heavy atom. The third kappa shape index (κ3) is 3.65. The highest BCUT2D eigenvalue weighted by molar-refractivity contribution is 5.33. The number of nitrogens with zero attached hydrogens (tertiary/aromatic N) is 4. The molecule has 19 heavy (non-hydrogen) atoms. The van der Waals surface area contributed by atoms with Crippen molar-refractivity contribution in [2.45, 2.75) is 38.1 Å². The molecule has 0 saturated carbocycles. The fourth-order valence-electron chi connectivity index (χ4n) is 2.36. The lowest BCUT2D eigenvalue weighted by Crippen LogP contribution is -2.31. The first kappa shape index (κ1) is 13.8. The molecule has 1 N–H and O–H groups in total. The standard InChI is InChI=1S/C14H21N5/c1-14(2,10-15)18-13-16-7-12(8-17-13)11-5-4-6-19(3)9-11/h7-8,11H,4-6,9H2,1-3H3,(H,16,17,18). The molecular formula is C14H21N5. The molecule has 1 atom stereocenters. The summed E-state index contributed by atoms with van der Waals surface area (Å²) in [6.45, 7) is 5.86. The van der Waals surface area contributed by atoms with E-state index in [2.05, 4.69) is 33.3 Å². The van der Waals surface area contributed by atoms with E-state index < -0.39 is 5.54 Å². The quantitative estimate of drug-likeness (QED) is 0.899. The van der Waals surface area contributed by atoms with E-state index in [-0.39, 0.29) is 0 Å². The van der Waals surface area contributed by atoms with Crippen LogP contribution in [0.5, 0.6) is 0 Å². The van der Waals surface area contributed by atoms with Crippen LogP contribution < -0.4 is 5.32 Å². The van der Waals surface area contributed by atoms with E-state index in [0.717, 1.165) is 6.54 Å². The van der Waals surface area contributed by atoms with Gasteiger partial charge in [-0.05, 0) is 51.8 Å². The summed E-state index contributed by atoms with van der Waals surface area (Å²) < 4.78 is 0. The van der Waals surface area contributed by atoms with Crippen molar-refractivity contribution in [1.82, 2.24) is 14.9 Å². The SMILES string of the molecule is CN1CCCC(c2cnc(NC(C)(C)C#N)nc2)C1. The van der Waals surface area contributed by atoms with Crippen LogP contribution in [0.3, 0.4) is 0 Å². The maximum Gasteiger partial charge on any atom is 0.223 e. The molecule has 0 aromatic carbocycles. The van der Waals surface area contributed by atoms with Crippen LogP contribution in [0, 0.1) is 11.3 Å². The van der Waals surface area contributed by atoms with Gasteiger partial charge in [0.15, 0.2) is 0 Å². The summed E-state index contributed by atoms with van der Waals surface area (Å²) in [5.74, 6) is 1.04. The highest BCUT2D eigenvalue weighted by Gasteiger charge is 2.20. The van der Waals surface area contributed by atoms with E-state index in [1.54, 1.807) is 13.8 Å². The van der Waals surface area contributed by atoms with E-state index in [1.807, 2.05) is 12.4 Å². The number of hydrogen-bond donors (Lipinski definition) is 1. The molecule has 1 aliphatic rings. The van der Waals surface area contributed by atoms with Gasteiger partial charge in [-0.15, -0.1) is 0 Å². The van der Waals surface area contributed by atoms with Crippen LogP contribution in [0.2, 0.25) is 0 Å². The van der Waals surface area contributed by atoms with Gasteiger partial charge >= 0.3 is 0 Å². The van der Waals surface area contributed by atoms with Gasteiger partial charge in [0.1, 0.15) is 5.54 Å². The minimum absolute atomic E-state index is 0.513. The van der Waals surface area contributed by atoms with Gasteiger partial charge in [0.25, 0.3) is 0 Å². The lowest BCUT2D eigenvalue weighted by molar-refractivity contribution is 0.250. The molecule has 102 valence electrons. The summed E-state index contributed by atoms with van der Waals surface area (Å²) in [7, 11) is 2.15. The highest BCUT2D eigenvalue weighted by Crippen LogP contribution is 2.25. The molecule has 0 bridgehead atoms. The number of likely N-dealkylation sites (N-methyl/N-ethyl adjacent to an activating group) is 1. The van der Waals surface area contributed by atoms with Gasteiger partial charge in [0.2, 0.25) is 5.95 Å². The first-order valence-electron chi connectivity index (χ1n) is 6.70. The smallest absolute Gasteiger partial charge is 0.223 e. The van der Waals surface area contributed by atoms with E-state index in [9.17, 15) is 0 Å². The zero-order chi connectivity index (χ0) is 13.9. The number of nitriles is 1. The van der Waals surface area contributed by atoms with E-state index in [0.29, 0.717) is 11.9 Å². The first-order chi connectivity index (χ1) is 9.00. The summed E-state index contributed by atoms with van der Waals surface area (Å²) in [5.41, 5.74) is 0.541. The van der Waals surface area contributed by atoms with Crippen molar-refractivity contribution >= 4 is 5.95 Å². The second kappa shape index (κ2) is 5.54. The third-order valence-corrected chi connectivity index (χ3v) is 3.47. The average Bonchev–Trinajstić information content (AvgIpc) is 2.39. The molecular weight excluding hydrogens is 238 g/mol. The van der Waals surface area contributed by atoms with Gasteiger partial charge in [-0.2, -0.15) is 5.26 Å². The Kier molecular flexibility index (Phi) is 4.01. The number of aromatic nitrogens is 2. The topological polar surface area (TPSA) is 64.8 Å². The molecule has 1 aromatic heterocycles. The van der Waals surface area contributed by atoms with Crippen molar-refractivity contribution in [1.29, 1.82) is 5.26 Å². The molecule has 0 amide bonds. The molecule has 2 rings (SSSR count). The number of hydrogen-bond acceptors (Lipinski definition) is 5. The van der Waals surface area contributed by atoms with Crippen LogP contribution in [0.15, 0.2) is 12.4 Å². The van der Waals surface area contributed by atoms with E-state index in [1.165, 1.54) is 24.9 Å². The first-order valence-corrected chi connectivity index (χ1v) is 6.70. The second-order valence-corrected chi connectivity index (χ2v) is 5.80. The van der Waals surface area contributed by atoms with Crippen LogP contribution in [-0.4, -0.2) is 40.5 Å². The van der Waals surface area contributed by atoms with Gasteiger partial charge in [0.05, 0.1) is 6.07 Å². The molecule has 1 saturated heterocycles. The Morgan fingerprint density at radius 3 is 2.68 bits per heavy atom. The van der Waals surface area contributed by atoms with Gasteiger partial charge < -0.3 is 10.2 Å². The Bertz CT molecular complexity index is 460. The molecule has 2 heterocycles. The average molecular weight is 259 g/mol. The molecule has 5 heteroatoms. The predicted octanol–water partition coefficient (Wildman–Crippen LogP) is 2.00. The number of likely N-dealkylation sites (tertiary alicyclic amines) is 1. The van der Waals surface area contributed by atoms with Crippen LogP contribution in [0.4, 0.5) is 5.95 Å². The zero-order valence-corrected chi connectivity index (χ0v) is 11.8. The Morgan fingerprint density at radius 1 is 1.42 bits per heavy atom. The van der Waals surface area contributed by atoms with Crippen LogP contribution in [-0.2, 0) is 0 Å². The fraction of sp³-hybridized carbons (Fsp3) is 0.643. The second-order valence-electron chi connectivity index (χ2n) is 5.80. The van der Waals surface area contributed by atoms with Crippen molar-refractivity contribution in [3.05, 3.63) is 18.0 Å². The summed E-state index contributed by atoms with van der Waals surface area (Å²) in [6, 6.07) is 2.18. The third-order valence-electron chi connectivity index (χ3n) is 3.47. The molecule has 0 aliphatic carbocycles. The largest absolute Gasteiger partial charge is 0.336 e. The lowest BCUT2D eigenvalue weighted by atomic mass is 9.93. The molecule has 5 nitrogen and oxygen atoms in total.